The van der Waals surface area contributed by atoms with E-state index in [2.05, 4.69) is 33.6 Å². The molecule has 1 saturated heterocycles. The summed E-state index contributed by atoms with van der Waals surface area (Å²) in [6.07, 6.45) is 4.34. The molecule has 1 amide bonds. The monoisotopic (exact) mass is 646 g/mol. The lowest BCUT2D eigenvalue weighted by Gasteiger charge is -2.34. The Kier molecular flexibility index (Phi) is 8.07. The molecule has 1 N–H and O–H groups in total. The first-order valence-electron chi connectivity index (χ1n) is 15.3. The summed E-state index contributed by atoms with van der Waals surface area (Å²) in [7, 11) is -4.21. The first kappa shape index (κ1) is 31.3. The minimum atomic E-state index is -4.25. The van der Waals surface area contributed by atoms with Crippen molar-refractivity contribution in [3.8, 4) is 11.7 Å². The van der Waals surface area contributed by atoms with Gasteiger partial charge in [-0.1, -0.05) is 12.8 Å². The van der Waals surface area contributed by atoms with Gasteiger partial charge in [-0.3, -0.25) is 9.78 Å². The molecule has 3 aliphatic heterocycles. The topological polar surface area (TPSA) is 119 Å². The van der Waals surface area contributed by atoms with Crippen LogP contribution in [0.4, 0.5) is 19.0 Å². The Morgan fingerprint density at radius 1 is 1.09 bits per heavy atom. The Hall–Kier alpha value is -3.68. The van der Waals surface area contributed by atoms with Gasteiger partial charge in [-0.2, -0.15) is 13.2 Å². The third-order valence-electron chi connectivity index (χ3n) is 9.29. The lowest BCUT2D eigenvalue weighted by Crippen LogP contribution is -2.41. The van der Waals surface area contributed by atoms with Gasteiger partial charge in [0.05, 0.1) is 17.6 Å². The zero-order chi connectivity index (χ0) is 32.0. The molecule has 0 radical (unpaired) electrons. The van der Waals surface area contributed by atoms with Crippen LogP contribution in [0.5, 0.6) is 5.88 Å². The first-order chi connectivity index (χ1) is 21.3. The van der Waals surface area contributed by atoms with E-state index in [0.717, 1.165) is 44.2 Å². The van der Waals surface area contributed by atoms with Crippen molar-refractivity contribution in [2.45, 2.75) is 88.2 Å². The summed E-state index contributed by atoms with van der Waals surface area (Å²) in [6, 6.07) is 7.74. The van der Waals surface area contributed by atoms with Gasteiger partial charge >= 0.3 is 6.18 Å². The van der Waals surface area contributed by atoms with Gasteiger partial charge in [-0.05, 0) is 89.0 Å². The van der Waals surface area contributed by atoms with Crippen LogP contribution in [0.3, 0.4) is 0 Å². The van der Waals surface area contributed by atoms with E-state index in [1.807, 2.05) is 0 Å². The van der Waals surface area contributed by atoms with Crippen molar-refractivity contribution < 1.29 is 31.1 Å². The largest absolute Gasteiger partial charge is 0.477 e. The zero-order valence-corrected chi connectivity index (χ0v) is 26.1. The molecule has 2 fully saturated rings. The van der Waals surface area contributed by atoms with Crippen LogP contribution in [-0.4, -0.2) is 58.9 Å². The number of rotatable bonds is 5. The fourth-order valence-corrected chi connectivity index (χ4v) is 7.37. The summed E-state index contributed by atoms with van der Waals surface area (Å²) in [5.74, 6) is 0.360. The van der Waals surface area contributed by atoms with Crippen LogP contribution in [-0.2, 0) is 16.4 Å². The number of aromatic nitrogens is 4. The van der Waals surface area contributed by atoms with Crippen LogP contribution in [0, 0.1) is 11.3 Å². The molecule has 3 aromatic rings. The number of nitrogens with zero attached hydrogens (tertiary/aromatic N) is 5. The number of aryl methyl sites for hydroxylation is 1. The Balaban J connectivity index is 1.29. The van der Waals surface area contributed by atoms with Crippen LogP contribution in [0.1, 0.15) is 81.3 Å². The van der Waals surface area contributed by atoms with Gasteiger partial charge in [0.15, 0.2) is 5.82 Å². The molecule has 10 nitrogen and oxygen atoms in total. The zero-order valence-electron chi connectivity index (χ0n) is 25.3. The van der Waals surface area contributed by atoms with Crippen molar-refractivity contribution in [1.82, 2.24) is 24.5 Å². The van der Waals surface area contributed by atoms with Crippen LogP contribution in [0.15, 0.2) is 47.6 Å². The number of hydrogen-bond donors (Lipinski definition) is 1. The second kappa shape index (κ2) is 11.6. The van der Waals surface area contributed by atoms with Crippen LogP contribution >= 0.6 is 0 Å². The molecule has 4 bridgehead atoms. The van der Waals surface area contributed by atoms with E-state index >= 15 is 0 Å². The van der Waals surface area contributed by atoms with Crippen molar-refractivity contribution >= 4 is 21.7 Å². The molecule has 14 heteroatoms. The number of amides is 1. The van der Waals surface area contributed by atoms with Gasteiger partial charge in [-0.25, -0.2) is 22.8 Å². The number of carbonyl (C=O) groups excluding carboxylic acids is 1. The summed E-state index contributed by atoms with van der Waals surface area (Å²) in [5.41, 5.74) is -1.13. The lowest BCUT2D eigenvalue weighted by atomic mass is 9.92. The molecule has 0 spiro atoms. The second-order valence-electron chi connectivity index (χ2n) is 13.0. The summed E-state index contributed by atoms with van der Waals surface area (Å²) in [4.78, 5) is 24.7. The van der Waals surface area contributed by atoms with Crippen LogP contribution < -0.4 is 14.4 Å². The van der Waals surface area contributed by atoms with E-state index in [9.17, 15) is 26.4 Å². The SMILES string of the molecule is CC1(C)CC2CCCCCc3ccc(cn3)S(=O)(=O)NC(=O)c3ccc(-n4ccc(OCCC5(C(F)(F)F)CC5)n4)nc3N1C2. The van der Waals surface area contributed by atoms with Crippen LogP contribution in [0.2, 0.25) is 0 Å². The van der Waals surface area contributed by atoms with E-state index < -0.39 is 27.5 Å². The van der Waals surface area contributed by atoms with Crippen LogP contribution in [0.25, 0.3) is 5.82 Å². The summed E-state index contributed by atoms with van der Waals surface area (Å²) in [5, 5.41) is 4.36. The van der Waals surface area contributed by atoms with E-state index in [1.165, 1.54) is 23.0 Å². The number of hydrogen-bond acceptors (Lipinski definition) is 8. The molecular weight excluding hydrogens is 609 g/mol. The summed E-state index contributed by atoms with van der Waals surface area (Å²) < 4.78 is 75.4. The third-order valence-corrected chi connectivity index (χ3v) is 10.6. The molecule has 7 rings (SSSR count). The van der Waals surface area contributed by atoms with Gasteiger partial charge in [0, 0.05) is 36.2 Å². The number of ether oxygens (including phenoxy) is 1. The van der Waals surface area contributed by atoms with E-state index in [0.29, 0.717) is 24.1 Å². The fourth-order valence-electron chi connectivity index (χ4n) is 6.46. The normalized spacial score (nSPS) is 22.4. The highest BCUT2D eigenvalue weighted by molar-refractivity contribution is 7.90. The number of fused-ring (bicyclic) bond motifs is 8. The Bertz CT molecular complexity index is 1670. The second-order valence-corrected chi connectivity index (χ2v) is 14.7. The van der Waals surface area contributed by atoms with Gasteiger partial charge in [0.1, 0.15) is 10.7 Å². The first-order valence-corrected chi connectivity index (χ1v) is 16.8. The van der Waals surface area contributed by atoms with Gasteiger partial charge in [0.2, 0.25) is 5.88 Å². The lowest BCUT2D eigenvalue weighted by molar-refractivity contribution is -0.190. The molecule has 1 atom stereocenters. The molecule has 1 unspecified atom stereocenters. The minimum absolute atomic E-state index is 0.0930. The van der Waals surface area contributed by atoms with Crippen molar-refractivity contribution in [2.75, 3.05) is 18.1 Å². The quantitative estimate of drug-likeness (QED) is 0.380. The maximum absolute atomic E-state index is 13.6. The number of alkyl halides is 3. The molecule has 6 heterocycles. The van der Waals surface area contributed by atoms with Crippen molar-refractivity contribution in [3.63, 3.8) is 0 Å². The number of sulfonamides is 1. The maximum Gasteiger partial charge on any atom is 0.394 e. The average Bonchev–Trinajstić information content (AvgIpc) is 3.53. The number of pyridine rings is 2. The van der Waals surface area contributed by atoms with Crippen molar-refractivity contribution in [3.05, 3.63) is 54.0 Å². The van der Waals surface area contributed by atoms with E-state index in [1.54, 1.807) is 24.4 Å². The Morgan fingerprint density at radius 3 is 2.60 bits per heavy atom. The highest BCUT2D eigenvalue weighted by Gasteiger charge is 2.62. The number of nitrogens with one attached hydrogen (secondary N) is 1. The predicted molar refractivity (Wildman–Crippen MR) is 160 cm³/mol. The molecule has 242 valence electrons. The highest BCUT2D eigenvalue weighted by atomic mass is 32.2. The maximum atomic E-state index is 13.6. The number of anilines is 1. The van der Waals surface area contributed by atoms with Gasteiger partial charge in [-0.15, -0.1) is 5.10 Å². The van der Waals surface area contributed by atoms with E-state index in [4.69, 9.17) is 9.72 Å². The van der Waals surface area contributed by atoms with Crippen molar-refractivity contribution in [1.29, 1.82) is 0 Å². The standard InChI is InChI=1S/C31H37F3N6O4S/c1-29(2)18-21-6-4-3-5-7-22-8-9-23(19-35-22)45(42,43)38-28(41)24-10-11-25(36-27(24)39(29)20-21)40-16-12-26(37-40)44-17-15-30(13-14-30)31(32,33)34/h8-12,16,19,21H,3-7,13-15,17-18,20H2,1-2H3,(H,38,41). The summed E-state index contributed by atoms with van der Waals surface area (Å²) >= 11 is 0. The Morgan fingerprint density at radius 2 is 1.89 bits per heavy atom. The molecule has 0 aromatic carbocycles. The molecule has 45 heavy (non-hydrogen) atoms. The predicted octanol–water partition coefficient (Wildman–Crippen LogP) is 5.61. The number of halogens is 3. The molecule has 1 saturated carbocycles. The van der Waals surface area contributed by atoms with E-state index in [-0.39, 0.29) is 47.7 Å². The van der Waals surface area contributed by atoms with Gasteiger partial charge in [0.25, 0.3) is 15.9 Å². The highest BCUT2D eigenvalue weighted by Crippen LogP contribution is 2.59. The van der Waals surface area contributed by atoms with Crippen molar-refractivity contribution in [2.24, 2.45) is 11.3 Å². The Labute approximate surface area is 260 Å². The fraction of sp³-hybridized carbons (Fsp3) is 0.548. The number of carbonyl (C=O) groups is 1. The van der Waals surface area contributed by atoms with Gasteiger partial charge < -0.3 is 9.64 Å². The molecule has 1 aliphatic carbocycles. The molecule has 4 aliphatic rings. The summed E-state index contributed by atoms with van der Waals surface area (Å²) in [6.45, 7) is 4.69. The average molecular weight is 647 g/mol. The smallest absolute Gasteiger partial charge is 0.394 e. The molecular formula is C31H37F3N6O4S. The minimum Gasteiger partial charge on any atom is -0.477 e. The molecule has 3 aromatic heterocycles. The third kappa shape index (κ3) is 6.52.